The Balaban J connectivity index is 1.32. The second-order valence-corrected chi connectivity index (χ2v) is 16.1. The summed E-state index contributed by atoms with van der Waals surface area (Å²) in [7, 11) is 4.52. The largest absolute Gasteiger partial charge is 0.497 e. The van der Waals surface area contributed by atoms with Crippen LogP contribution in [0.4, 0.5) is 48.1 Å². The van der Waals surface area contributed by atoms with Crippen LogP contribution in [0.3, 0.4) is 0 Å². The Morgan fingerprint density at radius 2 is 1.58 bits per heavy atom. The third kappa shape index (κ3) is 9.06. The number of alkyl halides is 5. The first kappa shape index (κ1) is 45.0. The third-order valence-electron chi connectivity index (χ3n) is 11.8. The summed E-state index contributed by atoms with van der Waals surface area (Å²) in [6, 6.07) is 16.3. The van der Waals surface area contributed by atoms with Crippen molar-refractivity contribution in [1.29, 1.82) is 0 Å². The average Bonchev–Trinajstić information content (AvgIpc) is 3.42. The van der Waals surface area contributed by atoms with Crippen LogP contribution in [0, 0.1) is 18.6 Å². The van der Waals surface area contributed by atoms with Gasteiger partial charge in [-0.3, -0.25) is 4.90 Å². The van der Waals surface area contributed by atoms with E-state index in [-0.39, 0.29) is 61.4 Å². The lowest BCUT2D eigenvalue weighted by atomic mass is 9.95. The Morgan fingerprint density at radius 3 is 2.15 bits per heavy atom. The number of nitrogens with two attached hydrogens (primary N) is 1. The summed E-state index contributed by atoms with van der Waals surface area (Å²) < 4.78 is 132. The Bertz CT molecular complexity index is 2660. The van der Waals surface area contributed by atoms with E-state index < -0.39 is 82.7 Å². The van der Waals surface area contributed by atoms with Gasteiger partial charge in [0.25, 0.3) is 5.92 Å². The topological polar surface area (TPSA) is 124 Å². The SMILES string of the molecule is COc1ccc(CN(Cc2ccc(OC)cc2)c2cc(-c3nc4c5c(nc(OC[C@@H]6CC(F)(F)CN6C)nc5c3F)N([C@H](C)c3cccnc3N)CCO4)c(C(F)(F)F)c(C)c2F)cc1. The molecule has 2 aliphatic rings. The zero-order valence-corrected chi connectivity index (χ0v) is 36.0. The first-order chi connectivity index (χ1) is 31.0. The van der Waals surface area contributed by atoms with Crippen molar-refractivity contribution in [3.05, 3.63) is 112 Å². The molecule has 1 fully saturated rings. The molecule has 3 aromatic heterocycles. The highest BCUT2D eigenvalue weighted by atomic mass is 19.4. The minimum atomic E-state index is -5.20. The molecule has 2 N–H and O–H groups in total. The predicted molar refractivity (Wildman–Crippen MR) is 230 cm³/mol. The van der Waals surface area contributed by atoms with Crippen LogP contribution in [0.1, 0.15) is 47.2 Å². The highest BCUT2D eigenvalue weighted by Gasteiger charge is 2.44. The Hall–Kier alpha value is -6.63. The van der Waals surface area contributed by atoms with Crippen LogP contribution in [0.5, 0.6) is 23.4 Å². The van der Waals surface area contributed by atoms with Crippen molar-refractivity contribution in [2.45, 2.75) is 57.5 Å². The number of pyridine rings is 2. The molecule has 5 heterocycles. The number of hydrogen-bond donors (Lipinski definition) is 1. The number of anilines is 3. The summed E-state index contributed by atoms with van der Waals surface area (Å²) in [6.45, 7) is 1.95. The van der Waals surface area contributed by atoms with Crippen molar-refractivity contribution in [2.75, 3.05) is 63.1 Å². The molecule has 3 aromatic carbocycles. The highest BCUT2D eigenvalue weighted by molar-refractivity contribution is 5.97. The summed E-state index contributed by atoms with van der Waals surface area (Å²) in [5.41, 5.74) is 3.49. The molecule has 1 saturated heterocycles. The minimum Gasteiger partial charge on any atom is -0.497 e. The number of benzene rings is 3. The fourth-order valence-corrected chi connectivity index (χ4v) is 8.44. The molecular formula is C46H45F7N8O4. The van der Waals surface area contributed by atoms with Crippen LogP contribution in [0.15, 0.2) is 72.9 Å². The lowest BCUT2D eigenvalue weighted by molar-refractivity contribution is -0.137. The van der Waals surface area contributed by atoms with E-state index in [9.17, 15) is 8.78 Å². The van der Waals surface area contributed by atoms with E-state index in [1.807, 2.05) is 0 Å². The van der Waals surface area contributed by atoms with Crippen molar-refractivity contribution >= 4 is 28.2 Å². The number of aromatic nitrogens is 4. The van der Waals surface area contributed by atoms with Crippen molar-refractivity contribution in [3.63, 3.8) is 0 Å². The zero-order chi connectivity index (χ0) is 46.4. The van der Waals surface area contributed by atoms with Crippen molar-refractivity contribution in [3.8, 4) is 34.6 Å². The molecular weight excluding hydrogens is 862 g/mol. The molecule has 19 heteroatoms. The van der Waals surface area contributed by atoms with Crippen LogP contribution in [0.2, 0.25) is 0 Å². The van der Waals surface area contributed by atoms with Gasteiger partial charge in [-0.15, -0.1) is 0 Å². The number of likely N-dealkylation sites (tertiary alicyclic amines) is 1. The fraction of sp³-hybridized carbons (Fsp3) is 0.348. The van der Waals surface area contributed by atoms with E-state index in [1.165, 1.54) is 32.4 Å². The van der Waals surface area contributed by atoms with E-state index in [4.69, 9.17) is 24.7 Å². The summed E-state index contributed by atoms with van der Waals surface area (Å²) in [4.78, 5) is 22.3. The van der Waals surface area contributed by atoms with Gasteiger partial charge in [-0.1, -0.05) is 30.3 Å². The molecule has 2 aliphatic heterocycles. The summed E-state index contributed by atoms with van der Waals surface area (Å²) in [5, 5.41) is -0.0943. The minimum absolute atomic E-state index is 0.00798. The summed E-state index contributed by atoms with van der Waals surface area (Å²) in [5.74, 6) is -4.43. The van der Waals surface area contributed by atoms with Gasteiger partial charge < -0.3 is 34.5 Å². The number of likely N-dealkylation sites (N-methyl/N-ethyl adjacent to an activating group) is 1. The normalized spacial score (nSPS) is 16.6. The van der Waals surface area contributed by atoms with Crippen LogP contribution in [-0.4, -0.2) is 84.4 Å². The number of halogens is 7. The number of ether oxygens (including phenoxy) is 4. The molecule has 6 aromatic rings. The first-order valence-electron chi connectivity index (χ1n) is 20.6. The summed E-state index contributed by atoms with van der Waals surface area (Å²) >= 11 is 0. The zero-order valence-electron chi connectivity index (χ0n) is 36.0. The van der Waals surface area contributed by atoms with Gasteiger partial charge in [0.1, 0.15) is 58.8 Å². The van der Waals surface area contributed by atoms with E-state index in [0.29, 0.717) is 28.2 Å². The molecule has 65 heavy (non-hydrogen) atoms. The fourth-order valence-electron chi connectivity index (χ4n) is 8.44. The van der Waals surface area contributed by atoms with Gasteiger partial charge in [0, 0.05) is 42.9 Å². The Morgan fingerprint density at radius 1 is 0.938 bits per heavy atom. The van der Waals surface area contributed by atoms with Gasteiger partial charge in [0.15, 0.2) is 5.82 Å². The number of rotatable bonds is 13. The van der Waals surface area contributed by atoms with Gasteiger partial charge in [0.05, 0.1) is 44.6 Å². The lowest BCUT2D eigenvalue weighted by Gasteiger charge is -2.30. The van der Waals surface area contributed by atoms with Crippen LogP contribution in [-0.2, 0) is 19.3 Å². The molecule has 0 radical (unpaired) electrons. The van der Waals surface area contributed by atoms with Crippen LogP contribution < -0.4 is 34.5 Å². The van der Waals surface area contributed by atoms with Gasteiger partial charge in [-0.05, 0) is 74.0 Å². The maximum Gasteiger partial charge on any atom is 0.417 e. The molecule has 0 spiro atoms. The molecule has 8 rings (SSSR count). The molecule has 12 nitrogen and oxygen atoms in total. The molecule has 0 bridgehead atoms. The van der Waals surface area contributed by atoms with Gasteiger partial charge >= 0.3 is 12.2 Å². The number of methoxy groups -OCH3 is 2. The molecule has 0 amide bonds. The van der Waals surface area contributed by atoms with Gasteiger partial charge in [0.2, 0.25) is 5.88 Å². The second kappa shape index (κ2) is 17.7. The number of hydrogen-bond acceptors (Lipinski definition) is 12. The molecule has 342 valence electrons. The second-order valence-electron chi connectivity index (χ2n) is 16.1. The smallest absolute Gasteiger partial charge is 0.417 e. The quantitative estimate of drug-likeness (QED) is 0.111. The molecule has 2 atom stereocenters. The highest BCUT2D eigenvalue weighted by Crippen LogP contribution is 2.47. The Labute approximate surface area is 369 Å². The van der Waals surface area contributed by atoms with Crippen molar-refractivity contribution in [1.82, 2.24) is 24.8 Å². The van der Waals surface area contributed by atoms with E-state index in [2.05, 4.69) is 19.9 Å². The standard InChI is InChI=1S/C46H45F7N8O4/c1-25-36(46(51,52)53)33(19-34(37(25)47)60(21-27-8-12-30(62-4)13-9-27)22-28-10-14-31(63-5)15-11-28)39-38(48)40-35-42(58-44(57-40)65-23-29-20-45(49,50)24-59(29)3)61(17-18-64-43(35)56-39)26(2)32-7-6-16-55-41(32)54/h6-16,19,26,29H,17-18,20-24H2,1-5H3,(H2,54,55)/t26-,29+/m1/s1. The molecule has 0 aliphatic carbocycles. The van der Waals surface area contributed by atoms with Crippen LogP contribution in [0.25, 0.3) is 22.2 Å². The number of nitrogen functional groups attached to an aromatic ring is 1. The van der Waals surface area contributed by atoms with Crippen molar-refractivity contribution < 1.29 is 49.7 Å². The third-order valence-corrected chi connectivity index (χ3v) is 11.8. The van der Waals surface area contributed by atoms with Gasteiger partial charge in [-0.25, -0.2) is 27.5 Å². The lowest BCUT2D eigenvalue weighted by Crippen LogP contribution is -2.32. The van der Waals surface area contributed by atoms with E-state index >= 15 is 22.0 Å². The Kier molecular flexibility index (Phi) is 12.3. The average molecular weight is 907 g/mol. The van der Waals surface area contributed by atoms with Crippen molar-refractivity contribution in [2.24, 2.45) is 0 Å². The van der Waals surface area contributed by atoms with Crippen LogP contribution >= 0.6 is 0 Å². The number of nitrogens with zero attached hydrogens (tertiary/aromatic N) is 7. The monoisotopic (exact) mass is 906 g/mol. The van der Waals surface area contributed by atoms with E-state index in [1.54, 1.807) is 77.4 Å². The van der Waals surface area contributed by atoms with Gasteiger partial charge in [-0.2, -0.15) is 23.1 Å². The predicted octanol–water partition coefficient (Wildman–Crippen LogP) is 9.18. The van der Waals surface area contributed by atoms with E-state index in [0.717, 1.165) is 13.0 Å². The maximum atomic E-state index is 17.7. The first-order valence-corrected chi connectivity index (χ1v) is 20.6. The maximum absolute atomic E-state index is 17.7. The summed E-state index contributed by atoms with van der Waals surface area (Å²) in [6.07, 6.45) is -4.21. The molecule has 0 unspecified atom stereocenters. The molecule has 0 saturated carbocycles.